The number of piperidine rings is 1. The van der Waals surface area contributed by atoms with Gasteiger partial charge in [0.2, 0.25) is 0 Å². The van der Waals surface area contributed by atoms with Crippen LogP contribution >= 0.6 is 0 Å². The van der Waals surface area contributed by atoms with Gasteiger partial charge < -0.3 is 4.90 Å². The highest BCUT2D eigenvalue weighted by Gasteiger charge is 2.32. The van der Waals surface area contributed by atoms with Crippen LogP contribution in [0.3, 0.4) is 0 Å². The number of nitrogens with zero attached hydrogens (tertiary/aromatic N) is 1. The van der Waals surface area contributed by atoms with Gasteiger partial charge in [-0.1, -0.05) is 32.1 Å². The third-order valence-electron chi connectivity index (χ3n) is 5.79. The van der Waals surface area contributed by atoms with Gasteiger partial charge in [-0.15, -0.1) is 0 Å². The monoisotopic (exact) mass is 263 g/mol. The molecule has 1 aliphatic heterocycles. The van der Waals surface area contributed by atoms with Crippen LogP contribution in [0, 0.1) is 17.8 Å². The van der Waals surface area contributed by atoms with E-state index in [1.165, 1.54) is 58.0 Å². The van der Waals surface area contributed by atoms with Gasteiger partial charge in [0, 0.05) is 25.4 Å². The standard InChI is InChI=1S/C17H29NO/c19-17-9-3-1-2-8-16(17)13-18-11-10-14-6-4-5-7-15(14)12-18/h14-16H,1-13H2. The molecule has 0 bridgehead atoms. The van der Waals surface area contributed by atoms with Gasteiger partial charge in [-0.25, -0.2) is 0 Å². The largest absolute Gasteiger partial charge is 0.302 e. The molecule has 1 saturated heterocycles. The molecule has 3 rings (SSSR count). The maximum absolute atomic E-state index is 12.1. The molecule has 0 radical (unpaired) electrons. The number of Topliss-reactive ketones (excluding diaryl/α,β-unsaturated/α-hetero) is 1. The Morgan fingerprint density at radius 3 is 2.58 bits per heavy atom. The van der Waals surface area contributed by atoms with Crippen molar-refractivity contribution in [2.45, 2.75) is 64.2 Å². The lowest BCUT2D eigenvalue weighted by molar-refractivity contribution is -0.123. The minimum atomic E-state index is 0.364. The molecule has 1 heterocycles. The topological polar surface area (TPSA) is 20.3 Å². The molecular formula is C17H29NO. The summed E-state index contributed by atoms with van der Waals surface area (Å²) < 4.78 is 0. The molecule has 0 aromatic rings. The number of ketones is 1. The van der Waals surface area contributed by atoms with Gasteiger partial charge in [0.1, 0.15) is 5.78 Å². The van der Waals surface area contributed by atoms with Crippen molar-refractivity contribution in [3.8, 4) is 0 Å². The number of rotatable bonds is 2. The van der Waals surface area contributed by atoms with Gasteiger partial charge in [0.25, 0.3) is 0 Å². The molecule has 0 amide bonds. The average molecular weight is 263 g/mol. The van der Waals surface area contributed by atoms with E-state index in [0.29, 0.717) is 11.7 Å². The number of fused-ring (bicyclic) bond motifs is 1. The second kappa shape index (κ2) is 6.39. The van der Waals surface area contributed by atoms with E-state index in [-0.39, 0.29) is 0 Å². The second-order valence-corrected chi connectivity index (χ2v) is 7.12. The lowest BCUT2D eigenvalue weighted by Crippen LogP contribution is -2.44. The number of carbonyl (C=O) groups excluding carboxylic acids is 1. The van der Waals surface area contributed by atoms with Crippen molar-refractivity contribution in [1.29, 1.82) is 0 Å². The number of hydrogen-bond acceptors (Lipinski definition) is 2. The smallest absolute Gasteiger partial charge is 0.137 e. The van der Waals surface area contributed by atoms with Crippen LogP contribution in [0.15, 0.2) is 0 Å². The van der Waals surface area contributed by atoms with E-state index in [1.807, 2.05) is 0 Å². The van der Waals surface area contributed by atoms with E-state index in [1.54, 1.807) is 0 Å². The first-order chi connectivity index (χ1) is 9.33. The Kier molecular flexibility index (Phi) is 4.57. The first-order valence-electron chi connectivity index (χ1n) is 8.58. The molecule has 3 fully saturated rings. The molecule has 108 valence electrons. The highest BCUT2D eigenvalue weighted by Crippen LogP contribution is 2.36. The minimum Gasteiger partial charge on any atom is -0.302 e. The highest BCUT2D eigenvalue weighted by atomic mass is 16.1. The molecule has 0 aromatic heterocycles. The summed E-state index contributed by atoms with van der Waals surface area (Å²) in [7, 11) is 0. The van der Waals surface area contributed by atoms with Crippen LogP contribution in [0.2, 0.25) is 0 Å². The van der Waals surface area contributed by atoms with Crippen LogP contribution in [0.25, 0.3) is 0 Å². The van der Waals surface area contributed by atoms with Crippen molar-refractivity contribution in [1.82, 2.24) is 4.90 Å². The van der Waals surface area contributed by atoms with Gasteiger partial charge in [-0.3, -0.25) is 4.79 Å². The molecule has 3 unspecified atom stereocenters. The fraction of sp³-hybridized carbons (Fsp3) is 0.941. The van der Waals surface area contributed by atoms with Gasteiger partial charge in [0.05, 0.1) is 0 Å². The van der Waals surface area contributed by atoms with E-state index in [4.69, 9.17) is 0 Å². The van der Waals surface area contributed by atoms with Crippen molar-refractivity contribution in [3.63, 3.8) is 0 Å². The lowest BCUT2D eigenvalue weighted by Gasteiger charge is -2.42. The van der Waals surface area contributed by atoms with E-state index in [9.17, 15) is 4.79 Å². The molecule has 2 heteroatoms. The fourth-order valence-corrected chi connectivity index (χ4v) is 4.58. The molecular weight excluding hydrogens is 234 g/mol. The Bertz CT molecular complexity index is 314. The van der Waals surface area contributed by atoms with Crippen molar-refractivity contribution >= 4 is 5.78 Å². The molecule has 0 aromatic carbocycles. The minimum absolute atomic E-state index is 0.364. The van der Waals surface area contributed by atoms with Gasteiger partial charge >= 0.3 is 0 Å². The summed E-state index contributed by atoms with van der Waals surface area (Å²) in [5.41, 5.74) is 0. The molecule has 2 nitrogen and oxygen atoms in total. The lowest BCUT2D eigenvalue weighted by atomic mass is 9.75. The Morgan fingerprint density at radius 2 is 1.68 bits per heavy atom. The maximum Gasteiger partial charge on any atom is 0.137 e. The van der Waals surface area contributed by atoms with Crippen LogP contribution in [0.5, 0.6) is 0 Å². The molecule has 2 aliphatic carbocycles. The third kappa shape index (κ3) is 3.39. The van der Waals surface area contributed by atoms with E-state index >= 15 is 0 Å². The van der Waals surface area contributed by atoms with Gasteiger partial charge in [-0.05, 0) is 44.1 Å². The summed E-state index contributed by atoms with van der Waals surface area (Å²) >= 11 is 0. The van der Waals surface area contributed by atoms with Crippen molar-refractivity contribution < 1.29 is 4.79 Å². The van der Waals surface area contributed by atoms with E-state index in [2.05, 4.69) is 4.90 Å². The first kappa shape index (κ1) is 13.6. The Hall–Kier alpha value is -0.370. The number of likely N-dealkylation sites (tertiary alicyclic amines) is 1. The summed E-state index contributed by atoms with van der Waals surface area (Å²) in [4.78, 5) is 14.8. The van der Waals surface area contributed by atoms with Crippen LogP contribution in [0.1, 0.15) is 64.2 Å². The number of hydrogen-bond donors (Lipinski definition) is 0. The van der Waals surface area contributed by atoms with Crippen LogP contribution < -0.4 is 0 Å². The van der Waals surface area contributed by atoms with Crippen LogP contribution in [-0.4, -0.2) is 30.3 Å². The normalized spacial score (nSPS) is 37.7. The van der Waals surface area contributed by atoms with Crippen molar-refractivity contribution in [2.75, 3.05) is 19.6 Å². The van der Waals surface area contributed by atoms with Gasteiger partial charge in [0.15, 0.2) is 0 Å². The third-order valence-corrected chi connectivity index (χ3v) is 5.79. The Morgan fingerprint density at radius 1 is 0.895 bits per heavy atom. The average Bonchev–Trinajstić information content (AvgIpc) is 2.64. The highest BCUT2D eigenvalue weighted by molar-refractivity contribution is 5.81. The molecule has 0 spiro atoms. The molecule has 3 aliphatic rings. The summed E-state index contributed by atoms with van der Waals surface area (Å²) in [6.45, 7) is 3.61. The summed E-state index contributed by atoms with van der Waals surface area (Å²) in [6, 6.07) is 0. The zero-order chi connectivity index (χ0) is 13.1. The van der Waals surface area contributed by atoms with E-state index < -0.39 is 0 Å². The molecule has 19 heavy (non-hydrogen) atoms. The number of carbonyl (C=O) groups is 1. The molecule has 3 atom stereocenters. The van der Waals surface area contributed by atoms with E-state index in [0.717, 1.165) is 37.6 Å². The predicted molar refractivity (Wildman–Crippen MR) is 78.1 cm³/mol. The summed E-state index contributed by atoms with van der Waals surface area (Å²) in [6.07, 6.45) is 12.9. The van der Waals surface area contributed by atoms with Crippen LogP contribution in [-0.2, 0) is 4.79 Å². The van der Waals surface area contributed by atoms with Crippen molar-refractivity contribution in [3.05, 3.63) is 0 Å². The van der Waals surface area contributed by atoms with Crippen molar-refractivity contribution in [2.24, 2.45) is 17.8 Å². The zero-order valence-electron chi connectivity index (χ0n) is 12.3. The quantitative estimate of drug-likeness (QED) is 0.709. The van der Waals surface area contributed by atoms with Crippen LogP contribution in [0.4, 0.5) is 0 Å². The molecule has 0 N–H and O–H groups in total. The molecule has 2 saturated carbocycles. The summed E-state index contributed by atoms with van der Waals surface area (Å²) in [5, 5.41) is 0. The Balaban J connectivity index is 1.53. The Labute approximate surface area is 117 Å². The predicted octanol–water partition coefficient (Wildman–Crippen LogP) is 3.65. The second-order valence-electron chi connectivity index (χ2n) is 7.12. The fourth-order valence-electron chi connectivity index (χ4n) is 4.58. The SMILES string of the molecule is O=C1CCCCCC1CN1CCC2CCCCC2C1. The first-order valence-corrected chi connectivity index (χ1v) is 8.58. The summed E-state index contributed by atoms with van der Waals surface area (Å²) in [5.74, 6) is 2.88. The maximum atomic E-state index is 12.1. The zero-order valence-corrected chi connectivity index (χ0v) is 12.3. The van der Waals surface area contributed by atoms with Gasteiger partial charge in [-0.2, -0.15) is 0 Å².